The molecule has 0 aliphatic carbocycles. The Morgan fingerprint density at radius 2 is 2.09 bits per heavy atom. The summed E-state index contributed by atoms with van der Waals surface area (Å²) in [7, 11) is -3.53. The monoisotopic (exact) mass is 334 g/mol. The standard InChI is InChI=1S/C16H22N4O2S/c21-23(22,19-10-13-20-11-3-7-17-9-12-20)16-6-1-5-15-14(16)4-2-8-18-15/h1-2,4-6,8,17,19H,3,7,9-13H2. The number of nitrogens with zero attached hydrogens (tertiary/aromatic N) is 2. The summed E-state index contributed by atoms with van der Waals surface area (Å²) in [4.78, 5) is 6.79. The van der Waals surface area contributed by atoms with Gasteiger partial charge in [-0.1, -0.05) is 6.07 Å². The second-order valence-electron chi connectivity index (χ2n) is 5.67. The summed E-state index contributed by atoms with van der Waals surface area (Å²) in [6.07, 6.45) is 2.77. The highest BCUT2D eigenvalue weighted by Gasteiger charge is 2.17. The van der Waals surface area contributed by atoms with E-state index in [2.05, 4.69) is 19.9 Å². The van der Waals surface area contributed by atoms with Gasteiger partial charge in [-0.05, 0) is 43.8 Å². The summed E-state index contributed by atoms with van der Waals surface area (Å²) in [5.74, 6) is 0. The smallest absolute Gasteiger partial charge is 0.241 e. The molecule has 0 saturated carbocycles. The lowest BCUT2D eigenvalue weighted by Gasteiger charge is -2.19. The van der Waals surface area contributed by atoms with Gasteiger partial charge in [0.15, 0.2) is 0 Å². The molecule has 1 saturated heterocycles. The highest BCUT2D eigenvalue weighted by molar-refractivity contribution is 7.89. The fourth-order valence-corrected chi connectivity index (χ4v) is 4.09. The summed E-state index contributed by atoms with van der Waals surface area (Å²) in [5.41, 5.74) is 0.689. The van der Waals surface area contributed by atoms with Gasteiger partial charge in [0.2, 0.25) is 10.0 Å². The molecule has 124 valence electrons. The van der Waals surface area contributed by atoms with Crippen LogP contribution in [0.15, 0.2) is 41.4 Å². The Bertz CT molecular complexity index is 750. The van der Waals surface area contributed by atoms with Gasteiger partial charge >= 0.3 is 0 Å². The fourth-order valence-electron chi connectivity index (χ4n) is 2.85. The number of fused-ring (bicyclic) bond motifs is 1. The molecular weight excluding hydrogens is 312 g/mol. The molecular formula is C16H22N4O2S. The van der Waals surface area contributed by atoms with E-state index in [0.29, 0.717) is 22.3 Å². The first kappa shape index (κ1) is 16.3. The van der Waals surface area contributed by atoms with Crippen molar-refractivity contribution >= 4 is 20.9 Å². The van der Waals surface area contributed by atoms with Gasteiger partial charge in [-0.2, -0.15) is 0 Å². The highest BCUT2D eigenvalue weighted by atomic mass is 32.2. The first-order chi connectivity index (χ1) is 11.2. The van der Waals surface area contributed by atoms with Crippen molar-refractivity contribution < 1.29 is 8.42 Å². The summed E-state index contributed by atoms with van der Waals surface area (Å²) in [6, 6.07) is 8.72. The van der Waals surface area contributed by atoms with Gasteiger partial charge in [0.1, 0.15) is 0 Å². The molecule has 2 aromatic rings. The first-order valence-corrected chi connectivity index (χ1v) is 9.42. The Labute approximate surface area is 137 Å². The van der Waals surface area contributed by atoms with Crippen LogP contribution < -0.4 is 10.0 Å². The molecule has 3 rings (SSSR count). The van der Waals surface area contributed by atoms with Gasteiger partial charge in [0.25, 0.3) is 0 Å². The SMILES string of the molecule is O=S(=O)(NCCN1CCCNCC1)c1cccc2ncccc12. The molecule has 0 unspecified atom stereocenters. The molecule has 0 amide bonds. The molecule has 1 aliphatic heterocycles. The second-order valence-corrected chi connectivity index (χ2v) is 7.40. The highest BCUT2D eigenvalue weighted by Crippen LogP contribution is 2.20. The molecule has 0 atom stereocenters. The van der Waals surface area contributed by atoms with Crippen LogP contribution in [0.25, 0.3) is 10.9 Å². The third-order valence-electron chi connectivity index (χ3n) is 4.05. The van der Waals surface area contributed by atoms with Crippen molar-refractivity contribution in [3.8, 4) is 0 Å². The van der Waals surface area contributed by atoms with Crippen LogP contribution in [0.4, 0.5) is 0 Å². The third kappa shape index (κ3) is 4.06. The maximum atomic E-state index is 12.6. The molecule has 1 aromatic heterocycles. The van der Waals surface area contributed by atoms with Gasteiger partial charge in [-0.3, -0.25) is 4.98 Å². The average molecular weight is 334 g/mol. The molecule has 7 heteroatoms. The van der Waals surface area contributed by atoms with Crippen molar-refractivity contribution in [3.63, 3.8) is 0 Å². The summed E-state index contributed by atoms with van der Waals surface area (Å²) >= 11 is 0. The van der Waals surface area contributed by atoms with Crippen LogP contribution in [0, 0.1) is 0 Å². The molecule has 6 nitrogen and oxygen atoms in total. The van der Waals surface area contributed by atoms with Crippen LogP contribution in [-0.4, -0.2) is 57.6 Å². The number of nitrogens with one attached hydrogen (secondary N) is 2. The molecule has 23 heavy (non-hydrogen) atoms. The number of rotatable bonds is 5. The van der Waals surface area contributed by atoms with Crippen molar-refractivity contribution in [2.45, 2.75) is 11.3 Å². The number of benzene rings is 1. The van der Waals surface area contributed by atoms with Gasteiger partial charge in [-0.25, -0.2) is 13.1 Å². The largest absolute Gasteiger partial charge is 0.315 e. The van der Waals surface area contributed by atoms with E-state index in [4.69, 9.17) is 0 Å². The molecule has 0 bridgehead atoms. The molecule has 2 N–H and O–H groups in total. The maximum Gasteiger partial charge on any atom is 0.241 e. The predicted octanol–water partition coefficient (Wildman–Crippen LogP) is 0.808. The number of hydrogen-bond acceptors (Lipinski definition) is 5. The second kappa shape index (κ2) is 7.35. The predicted molar refractivity (Wildman–Crippen MR) is 90.9 cm³/mol. The molecule has 0 radical (unpaired) electrons. The molecule has 1 aliphatic rings. The molecule has 2 heterocycles. The van der Waals surface area contributed by atoms with Crippen molar-refractivity contribution in [3.05, 3.63) is 36.5 Å². The van der Waals surface area contributed by atoms with Crippen molar-refractivity contribution in [1.29, 1.82) is 0 Å². The number of pyridine rings is 1. The number of hydrogen-bond donors (Lipinski definition) is 2. The Hall–Kier alpha value is -1.54. The molecule has 1 fully saturated rings. The lowest BCUT2D eigenvalue weighted by molar-refractivity contribution is 0.297. The van der Waals surface area contributed by atoms with Crippen LogP contribution in [0.5, 0.6) is 0 Å². The maximum absolute atomic E-state index is 12.6. The normalized spacial score (nSPS) is 17.2. The quantitative estimate of drug-likeness (QED) is 0.846. The van der Waals surface area contributed by atoms with E-state index in [0.717, 1.165) is 39.1 Å². The lowest BCUT2D eigenvalue weighted by Crippen LogP contribution is -2.36. The zero-order valence-electron chi connectivity index (χ0n) is 13.0. The summed E-state index contributed by atoms with van der Waals surface area (Å²) in [6.45, 7) is 5.10. The van der Waals surface area contributed by atoms with Crippen LogP contribution in [0.1, 0.15) is 6.42 Å². The van der Waals surface area contributed by atoms with E-state index < -0.39 is 10.0 Å². The van der Waals surface area contributed by atoms with Crippen molar-refractivity contribution in [2.24, 2.45) is 0 Å². The van der Waals surface area contributed by atoms with E-state index in [1.807, 2.05) is 6.07 Å². The lowest BCUT2D eigenvalue weighted by atomic mass is 10.2. The molecule has 1 aromatic carbocycles. The van der Waals surface area contributed by atoms with Crippen molar-refractivity contribution in [2.75, 3.05) is 39.3 Å². The van der Waals surface area contributed by atoms with E-state index in [1.54, 1.807) is 30.5 Å². The first-order valence-electron chi connectivity index (χ1n) is 7.93. The average Bonchev–Trinajstić information content (AvgIpc) is 2.83. The Morgan fingerprint density at radius 3 is 3.00 bits per heavy atom. The van der Waals surface area contributed by atoms with Crippen LogP contribution in [-0.2, 0) is 10.0 Å². The van der Waals surface area contributed by atoms with Crippen LogP contribution in [0.3, 0.4) is 0 Å². The van der Waals surface area contributed by atoms with Crippen LogP contribution in [0.2, 0.25) is 0 Å². The topological polar surface area (TPSA) is 74.3 Å². The Kier molecular flexibility index (Phi) is 5.22. The van der Waals surface area contributed by atoms with E-state index >= 15 is 0 Å². The fraction of sp³-hybridized carbons (Fsp3) is 0.438. The van der Waals surface area contributed by atoms with E-state index in [1.165, 1.54) is 0 Å². The van der Waals surface area contributed by atoms with Gasteiger partial charge in [0.05, 0.1) is 10.4 Å². The van der Waals surface area contributed by atoms with E-state index in [-0.39, 0.29) is 0 Å². The molecule has 0 spiro atoms. The zero-order chi connectivity index (χ0) is 16.1. The third-order valence-corrected chi connectivity index (χ3v) is 5.57. The Morgan fingerprint density at radius 1 is 1.17 bits per heavy atom. The zero-order valence-corrected chi connectivity index (χ0v) is 13.8. The van der Waals surface area contributed by atoms with E-state index in [9.17, 15) is 8.42 Å². The summed E-state index contributed by atoms with van der Waals surface area (Å²) in [5, 5.41) is 4.00. The number of aromatic nitrogens is 1. The number of sulfonamides is 1. The Balaban J connectivity index is 1.68. The minimum atomic E-state index is -3.53. The van der Waals surface area contributed by atoms with Crippen LogP contribution >= 0.6 is 0 Å². The minimum Gasteiger partial charge on any atom is -0.315 e. The van der Waals surface area contributed by atoms with Crippen molar-refractivity contribution in [1.82, 2.24) is 19.9 Å². The van der Waals surface area contributed by atoms with Gasteiger partial charge < -0.3 is 10.2 Å². The van der Waals surface area contributed by atoms with Gasteiger partial charge in [-0.15, -0.1) is 0 Å². The minimum absolute atomic E-state index is 0.292. The summed E-state index contributed by atoms with van der Waals surface area (Å²) < 4.78 is 27.9. The van der Waals surface area contributed by atoms with Gasteiger partial charge in [0, 0.05) is 37.8 Å².